The first kappa shape index (κ1) is 87.6. The van der Waals surface area contributed by atoms with E-state index in [9.17, 15) is 78.3 Å². The molecule has 610 valence electrons. The summed E-state index contributed by atoms with van der Waals surface area (Å²) in [5.74, 6) is -5.76. The summed E-state index contributed by atoms with van der Waals surface area (Å²) in [7, 11) is 0. The fourth-order valence-electron chi connectivity index (χ4n) is 16.5. The number of nitrogens with zero attached hydrogens (tertiary/aromatic N) is 1. The van der Waals surface area contributed by atoms with Gasteiger partial charge in [0.15, 0.2) is 0 Å². The van der Waals surface area contributed by atoms with Crippen LogP contribution in [0.25, 0.3) is 0 Å². The van der Waals surface area contributed by atoms with E-state index >= 15 is 0 Å². The second-order valence-corrected chi connectivity index (χ2v) is 30.8. The van der Waals surface area contributed by atoms with Crippen LogP contribution in [0, 0.1) is 28.6 Å². The van der Waals surface area contributed by atoms with Gasteiger partial charge in [0.2, 0.25) is 41.4 Å². The number of amides is 12. The summed E-state index contributed by atoms with van der Waals surface area (Å²) >= 11 is 0. The van der Waals surface area contributed by atoms with E-state index in [1.54, 1.807) is 44.2 Å². The maximum atomic E-state index is 14.8. The lowest BCUT2D eigenvalue weighted by atomic mass is 9.49. The Bertz CT molecular complexity index is 3790. The standard InChI is InChI=1S/C79H112N10O22/c1-47(2)66(87-70(101)57(21-24-62(94)82-44-58(92)67(98)68(99)59(93)45-90)85-63(95)27-34-107-36-38-109-40-41-110-39-37-108-35-33-89-64(96)25-26-65(89)97)71(102)86-56(10-7-32-81-74(80)105)69(100)83-51-17-11-48(12-18-51)46-111-75(106)84-52-19-13-49-15-22-60-76(3,54(49)42-52)28-8-30-78(60,5)72(103)88-73(104)79(6)31-9-29-77(4)55-43-53(91)20-14-50(55)16-23-61(77)79/h11-14,17-20,25-26,42-43,47,56-61,66-68,90-93,98-99H,7-10,15-16,21-24,27-41,44-46H2,1-6H3,(H,82,94)(H,83,100)(H,84,106)(H,85,95)(H,86,102)(H,87,101)(H3,80,81,105)(H,88,103,104)/t56-,57+,58-,59+,60?,61+,66-,67+,68+,76+,77+,78-,79-/m0/s1. The molecule has 13 atom stereocenters. The van der Waals surface area contributed by atoms with Crippen molar-refractivity contribution in [1.82, 2.24) is 36.8 Å². The van der Waals surface area contributed by atoms with Crippen LogP contribution in [0.4, 0.5) is 21.0 Å². The number of rotatable bonds is 41. The van der Waals surface area contributed by atoms with E-state index in [1.807, 2.05) is 44.2 Å². The second kappa shape index (κ2) is 40.5. The minimum Gasteiger partial charge on any atom is -0.508 e. The number of carbonyl (C=O) groups excluding carboxylic acids is 11. The molecule has 2 saturated carbocycles. The highest BCUT2D eigenvalue weighted by Crippen LogP contribution is 2.60. The highest BCUT2D eigenvalue weighted by atomic mass is 16.6. The zero-order chi connectivity index (χ0) is 80.8. The normalized spacial score (nSPS) is 23.0. The Balaban J connectivity index is 0.826. The molecule has 16 N–H and O–H groups in total. The van der Waals surface area contributed by atoms with Gasteiger partial charge in [-0.3, -0.25) is 58.7 Å². The van der Waals surface area contributed by atoms with Gasteiger partial charge >= 0.3 is 12.1 Å². The van der Waals surface area contributed by atoms with E-state index in [0.717, 1.165) is 66.5 Å². The maximum absolute atomic E-state index is 14.8. The number of aliphatic hydroxyl groups is 5. The Labute approximate surface area is 646 Å². The van der Waals surface area contributed by atoms with E-state index in [0.29, 0.717) is 30.5 Å². The lowest BCUT2D eigenvalue weighted by Gasteiger charge is -2.56. The summed E-state index contributed by atoms with van der Waals surface area (Å²) in [6, 6.07) is 12.8. The second-order valence-electron chi connectivity index (χ2n) is 30.8. The summed E-state index contributed by atoms with van der Waals surface area (Å²) in [4.78, 5) is 148. The minimum atomic E-state index is -1.98. The van der Waals surface area contributed by atoms with Gasteiger partial charge in [-0.15, -0.1) is 0 Å². The Kier molecular flexibility index (Phi) is 31.9. The average molecular weight is 1550 g/mol. The van der Waals surface area contributed by atoms with Crippen LogP contribution in [0.5, 0.6) is 5.75 Å². The molecule has 1 heterocycles. The van der Waals surface area contributed by atoms with Crippen molar-refractivity contribution in [3.8, 4) is 5.75 Å². The van der Waals surface area contributed by atoms with Gasteiger partial charge in [0.1, 0.15) is 48.8 Å². The van der Waals surface area contributed by atoms with Crippen molar-refractivity contribution in [3.63, 3.8) is 0 Å². The zero-order valence-corrected chi connectivity index (χ0v) is 64.2. The molecule has 0 saturated heterocycles. The third kappa shape index (κ3) is 23.1. The van der Waals surface area contributed by atoms with Gasteiger partial charge in [-0.05, 0) is 163 Å². The van der Waals surface area contributed by atoms with Crippen LogP contribution >= 0.6 is 0 Å². The molecule has 3 aromatic carbocycles. The molecule has 32 heteroatoms. The average Bonchev–Trinajstić information content (AvgIpc) is 0.893. The van der Waals surface area contributed by atoms with Crippen molar-refractivity contribution in [3.05, 3.63) is 101 Å². The molecule has 3 aromatic rings. The van der Waals surface area contributed by atoms with E-state index in [4.69, 9.17) is 34.5 Å². The highest BCUT2D eigenvalue weighted by Gasteiger charge is 2.59. The molecule has 111 heavy (non-hydrogen) atoms. The van der Waals surface area contributed by atoms with E-state index in [1.165, 1.54) is 17.7 Å². The molecule has 2 fully saturated rings. The Morgan fingerprint density at radius 2 is 1.13 bits per heavy atom. The van der Waals surface area contributed by atoms with E-state index < -0.39 is 138 Å². The lowest BCUT2D eigenvalue weighted by molar-refractivity contribution is -0.150. The van der Waals surface area contributed by atoms with Gasteiger partial charge < -0.3 is 92.0 Å². The van der Waals surface area contributed by atoms with E-state index in [2.05, 4.69) is 56.4 Å². The lowest BCUT2D eigenvalue weighted by Crippen LogP contribution is -2.60. The summed E-state index contributed by atoms with van der Waals surface area (Å²) in [5.41, 5.74) is 8.62. The molecular weight excluding hydrogens is 1440 g/mol. The number of aliphatic hydroxyl groups excluding tert-OH is 5. The van der Waals surface area contributed by atoms with Crippen molar-refractivity contribution in [2.45, 2.75) is 198 Å². The SMILES string of the molecule is CC(C)[C@H](NC(=O)[C@@H](CCC(=O)NC[C@H](O)[C@@H](O)[C@H](O)[C@H](O)CO)NC(=O)CCOCCOCCOCCOCCN1C(=O)C=CC1=O)C(=O)N[C@@H](CCCNC(N)=O)C(=O)Nc1ccc(COC(=O)Nc2ccc3c(c2)[C@@]2(C)CCC[C@](C)(C(=O)NC(=O)[C@@]4(C)CCC[C@]5(C)c6cc(O)ccc6CC[C@@H]45)C2CC3)cc1. The third-order valence-corrected chi connectivity index (χ3v) is 22.7. The van der Waals surface area contributed by atoms with Crippen molar-refractivity contribution in [1.29, 1.82) is 0 Å². The molecule has 12 amide bonds. The maximum Gasteiger partial charge on any atom is 0.411 e. The number of imide groups is 2. The summed E-state index contributed by atoms with van der Waals surface area (Å²) < 4.78 is 27.6. The van der Waals surface area contributed by atoms with Crippen LogP contribution in [0.3, 0.4) is 0 Å². The number of urea groups is 1. The Morgan fingerprint density at radius 1 is 0.586 bits per heavy atom. The minimum absolute atomic E-state index is 0.0215. The molecule has 0 spiro atoms. The summed E-state index contributed by atoms with van der Waals surface area (Å²) in [6.45, 7) is 11.1. The molecule has 1 unspecified atom stereocenters. The van der Waals surface area contributed by atoms with Crippen LogP contribution in [-0.2, 0) is 97.1 Å². The molecule has 5 aliphatic rings. The first-order chi connectivity index (χ1) is 52.8. The molecule has 0 radical (unpaired) electrons. The third-order valence-electron chi connectivity index (χ3n) is 22.7. The molecule has 1 aliphatic heterocycles. The van der Waals surface area contributed by atoms with E-state index in [-0.39, 0.29) is 139 Å². The number of anilines is 2. The van der Waals surface area contributed by atoms with Gasteiger partial charge in [-0.2, -0.15) is 0 Å². The number of phenols is 1. The van der Waals surface area contributed by atoms with Gasteiger partial charge in [-0.1, -0.05) is 78.6 Å². The number of phenolic OH excluding ortho intramolecular Hbond substituents is 1. The number of aromatic hydroxyl groups is 1. The van der Waals surface area contributed by atoms with Crippen LogP contribution in [-0.4, -0.2) is 222 Å². The van der Waals surface area contributed by atoms with Crippen LogP contribution in [0.1, 0.15) is 153 Å². The number of nitrogens with two attached hydrogens (primary N) is 1. The van der Waals surface area contributed by atoms with Crippen molar-refractivity contribution < 1.29 is 107 Å². The zero-order valence-electron chi connectivity index (χ0n) is 64.2. The number of ether oxygens (including phenoxy) is 5. The molecule has 32 nitrogen and oxygen atoms in total. The van der Waals surface area contributed by atoms with Crippen molar-refractivity contribution >= 4 is 76.7 Å². The Morgan fingerprint density at radius 3 is 1.70 bits per heavy atom. The smallest absolute Gasteiger partial charge is 0.411 e. The number of fused-ring (bicyclic) bond motifs is 6. The first-order valence-electron chi connectivity index (χ1n) is 38.3. The highest BCUT2D eigenvalue weighted by molar-refractivity contribution is 6.13. The van der Waals surface area contributed by atoms with Crippen LogP contribution in [0.2, 0.25) is 0 Å². The number of hydrogen-bond donors (Lipinski definition) is 15. The number of benzene rings is 3. The first-order valence-corrected chi connectivity index (χ1v) is 38.3. The van der Waals surface area contributed by atoms with Crippen LogP contribution < -0.4 is 48.3 Å². The number of carbonyl (C=O) groups is 11. The van der Waals surface area contributed by atoms with Crippen molar-refractivity contribution in [2.24, 2.45) is 34.3 Å². The predicted molar refractivity (Wildman–Crippen MR) is 403 cm³/mol. The number of nitrogens with one attached hydrogen (secondary N) is 8. The molecule has 4 aliphatic carbocycles. The predicted octanol–water partition coefficient (Wildman–Crippen LogP) is 2.72. The molecular formula is C79H112N10O22. The quantitative estimate of drug-likeness (QED) is 0.0287. The molecule has 0 bridgehead atoms. The fourth-order valence-corrected chi connectivity index (χ4v) is 16.5. The molecule has 8 rings (SSSR count). The fraction of sp³-hybridized carbons (Fsp3) is 0.608. The van der Waals surface area contributed by atoms with Gasteiger partial charge in [0.05, 0.1) is 82.9 Å². The van der Waals surface area contributed by atoms with Crippen molar-refractivity contribution in [2.75, 3.05) is 89.7 Å². The number of hydrogen-bond acceptors (Lipinski definition) is 22. The van der Waals surface area contributed by atoms with Gasteiger partial charge in [-0.25, -0.2) is 9.59 Å². The largest absolute Gasteiger partial charge is 0.508 e. The summed E-state index contributed by atoms with van der Waals surface area (Å²) in [5, 5.41) is 81.4. The van der Waals surface area contributed by atoms with Gasteiger partial charge in [0.25, 0.3) is 11.8 Å². The topological polar surface area (TPSA) is 481 Å². The van der Waals surface area contributed by atoms with Gasteiger partial charge in [0, 0.05) is 49.5 Å². The summed E-state index contributed by atoms with van der Waals surface area (Å²) in [6.07, 6.45) is 0.641. The van der Waals surface area contributed by atoms with Crippen LogP contribution in [0.15, 0.2) is 72.8 Å². The Hall–Kier alpha value is -8.99. The molecule has 0 aromatic heterocycles. The number of aryl methyl sites for hydroxylation is 2. The monoisotopic (exact) mass is 1550 g/mol. The number of primary amides is 1.